The molecule has 11 heteroatoms. The van der Waals surface area contributed by atoms with E-state index in [-0.39, 0.29) is 16.7 Å². The number of amides is 1. The van der Waals surface area contributed by atoms with E-state index in [2.05, 4.69) is 25.3 Å². The number of aromatic nitrogens is 6. The topological polar surface area (TPSA) is 126 Å². The number of rotatable bonds is 3. The van der Waals surface area contributed by atoms with E-state index in [1.165, 1.54) is 17.0 Å². The van der Waals surface area contributed by atoms with Gasteiger partial charge in [0, 0.05) is 36.5 Å². The maximum Gasteiger partial charge on any atom is 0.274 e. The van der Waals surface area contributed by atoms with Crippen LogP contribution in [0, 0.1) is 0 Å². The number of sulfone groups is 1. The third-order valence-corrected chi connectivity index (χ3v) is 6.92. The summed E-state index contributed by atoms with van der Waals surface area (Å²) in [5.74, 6) is 0.0662. The largest absolute Gasteiger partial charge is 0.337 e. The lowest BCUT2D eigenvalue weighted by Gasteiger charge is -2.33. The lowest BCUT2D eigenvalue weighted by Crippen LogP contribution is -2.40. The van der Waals surface area contributed by atoms with Crippen LogP contribution >= 0.6 is 0 Å². The van der Waals surface area contributed by atoms with Gasteiger partial charge in [-0.25, -0.2) is 13.4 Å². The van der Waals surface area contributed by atoms with Crippen LogP contribution in [-0.2, 0) is 22.7 Å². The molecule has 3 aromatic heterocycles. The van der Waals surface area contributed by atoms with Crippen LogP contribution in [0.4, 0.5) is 0 Å². The molecule has 5 rings (SSSR count). The highest BCUT2D eigenvalue weighted by Gasteiger charge is 2.33. The highest BCUT2D eigenvalue weighted by molar-refractivity contribution is 7.90. The predicted octanol–water partition coefficient (Wildman–Crippen LogP) is 0.759. The second-order valence-corrected chi connectivity index (χ2v) is 9.71. The summed E-state index contributed by atoms with van der Waals surface area (Å²) in [4.78, 5) is 23.3. The molecule has 1 atom stereocenters. The summed E-state index contributed by atoms with van der Waals surface area (Å²) < 4.78 is 26.3. The average Bonchev–Trinajstić information content (AvgIpc) is 3.42. The molecule has 152 valence electrons. The Morgan fingerprint density at radius 1 is 1.24 bits per heavy atom. The van der Waals surface area contributed by atoms with Gasteiger partial charge in [0.05, 0.1) is 11.9 Å². The molecule has 0 spiro atoms. The van der Waals surface area contributed by atoms with Gasteiger partial charge in [-0.1, -0.05) is 0 Å². The number of hydrogen-bond donors (Lipinski definition) is 1. The highest BCUT2D eigenvalue weighted by Crippen LogP contribution is 2.32. The van der Waals surface area contributed by atoms with Crippen molar-refractivity contribution in [2.45, 2.75) is 42.9 Å². The van der Waals surface area contributed by atoms with Crippen LogP contribution in [0.2, 0.25) is 0 Å². The number of carbonyl (C=O) groups is 1. The summed E-state index contributed by atoms with van der Waals surface area (Å²) in [7, 11) is -3.51. The minimum atomic E-state index is -3.51. The van der Waals surface area contributed by atoms with E-state index in [1.54, 1.807) is 4.90 Å². The molecule has 1 saturated heterocycles. The first-order valence-electron chi connectivity index (χ1n) is 9.67. The Kier molecular flexibility index (Phi) is 4.16. The minimum Gasteiger partial charge on any atom is -0.337 e. The van der Waals surface area contributed by atoms with Gasteiger partial charge in [0.25, 0.3) is 11.7 Å². The maximum atomic E-state index is 13.2. The first kappa shape index (κ1) is 18.2. The first-order valence-corrected chi connectivity index (χ1v) is 11.6. The average molecular weight is 415 g/mol. The van der Waals surface area contributed by atoms with E-state index in [0.717, 1.165) is 49.6 Å². The Morgan fingerprint density at radius 3 is 2.93 bits per heavy atom. The number of aryl methyl sites for hydroxylation is 1. The van der Waals surface area contributed by atoms with Crippen molar-refractivity contribution in [2.75, 3.05) is 19.3 Å². The van der Waals surface area contributed by atoms with Gasteiger partial charge in [0.1, 0.15) is 11.2 Å². The zero-order chi connectivity index (χ0) is 20.2. The van der Waals surface area contributed by atoms with Crippen molar-refractivity contribution in [3.63, 3.8) is 0 Å². The Morgan fingerprint density at radius 2 is 2.10 bits per heavy atom. The number of aromatic amines is 1. The van der Waals surface area contributed by atoms with E-state index in [0.29, 0.717) is 30.3 Å². The molecule has 1 aliphatic heterocycles. The molecule has 1 fully saturated rings. The molecule has 1 amide bonds. The summed E-state index contributed by atoms with van der Waals surface area (Å²) in [5, 5.41) is 11.4. The molecule has 0 radical (unpaired) electrons. The normalized spacial score (nSPS) is 19.6. The van der Waals surface area contributed by atoms with Crippen LogP contribution in [0.5, 0.6) is 0 Å². The summed E-state index contributed by atoms with van der Waals surface area (Å²) >= 11 is 0. The number of piperidine rings is 1. The lowest BCUT2D eigenvalue weighted by atomic mass is 9.94. The number of fused-ring (bicyclic) bond motifs is 2. The van der Waals surface area contributed by atoms with Gasteiger partial charge in [0.2, 0.25) is 0 Å². The fraction of sp³-hybridized carbons (Fsp3) is 0.500. The Labute approximate surface area is 167 Å². The Hall–Kier alpha value is -2.82. The molecule has 0 bridgehead atoms. The Bertz CT molecular complexity index is 1210. The van der Waals surface area contributed by atoms with Crippen molar-refractivity contribution in [2.24, 2.45) is 0 Å². The van der Waals surface area contributed by atoms with Gasteiger partial charge in [0.15, 0.2) is 15.5 Å². The van der Waals surface area contributed by atoms with Gasteiger partial charge in [-0.15, -0.1) is 0 Å². The summed E-state index contributed by atoms with van der Waals surface area (Å²) in [6, 6.07) is 0. The highest BCUT2D eigenvalue weighted by atomic mass is 32.2. The van der Waals surface area contributed by atoms with Gasteiger partial charge in [-0.3, -0.25) is 9.89 Å². The van der Waals surface area contributed by atoms with Crippen LogP contribution < -0.4 is 0 Å². The maximum absolute atomic E-state index is 13.2. The van der Waals surface area contributed by atoms with Crippen molar-refractivity contribution in [1.29, 1.82) is 0 Å². The summed E-state index contributed by atoms with van der Waals surface area (Å²) in [6.45, 7) is 1.03. The molecule has 1 unspecified atom stereocenters. The zero-order valence-corrected chi connectivity index (χ0v) is 16.8. The molecule has 4 heterocycles. The number of nitrogens with zero attached hydrogens (tertiary/aromatic N) is 6. The second kappa shape index (κ2) is 6.61. The number of nitrogens with one attached hydrogen (secondary N) is 1. The molecule has 2 aliphatic rings. The molecule has 0 saturated carbocycles. The third kappa shape index (κ3) is 3.00. The van der Waals surface area contributed by atoms with Crippen molar-refractivity contribution >= 4 is 21.5 Å². The van der Waals surface area contributed by atoms with Gasteiger partial charge < -0.3 is 4.90 Å². The van der Waals surface area contributed by atoms with Crippen molar-refractivity contribution in [3.05, 3.63) is 35.2 Å². The number of hydrogen-bond acceptors (Lipinski definition) is 7. The van der Waals surface area contributed by atoms with E-state index in [1.807, 2.05) is 0 Å². The fourth-order valence-corrected chi connectivity index (χ4v) is 5.35. The van der Waals surface area contributed by atoms with E-state index in [9.17, 15) is 13.2 Å². The van der Waals surface area contributed by atoms with Crippen molar-refractivity contribution < 1.29 is 13.2 Å². The standard InChI is InChI=1S/C18H21N7O3S/c1-29(27,28)14-8-19-18-20-10-21-25(18)16(14)11-4-3-7-24(9-11)17(26)15-12-5-2-6-13(12)22-23-15/h8,10-11H,2-7,9H2,1H3,(H,22,23). The molecular weight excluding hydrogens is 394 g/mol. The third-order valence-electron chi connectivity index (χ3n) is 5.81. The van der Waals surface area contributed by atoms with E-state index >= 15 is 0 Å². The van der Waals surface area contributed by atoms with E-state index in [4.69, 9.17) is 0 Å². The molecule has 1 aliphatic carbocycles. The second-order valence-electron chi connectivity index (χ2n) is 7.72. The molecule has 3 aromatic rings. The molecule has 0 aromatic carbocycles. The first-order chi connectivity index (χ1) is 13.9. The molecule has 29 heavy (non-hydrogen) atoms. The SMILES string of the molecule is CS(=O)(=O)c1cnc2ncnn2c1C1CCCN(C(=O)c2n[nH]c3c2CCC3)C1. The lowest BCUT2D eigenvalue weighted by molar-refractivity contribution is 0.0697. The van der Waals surface area contributed by atoms with Crippen molar-refractivity contribution in [1.82, 2.24) is 34.7 Å². The number of likely N-dealkylation sites (tertiary alicyclic amines) is 1. The summed E-state index contributed by atoms with van der Waals surface area (Å²) in [5.41, 5.74) is 3.12. The smallest absolute Gasteiger partial charge is 0.274 e. The van der Waals surface area contributed by atoms with Gasteiger partial charge in [-0.2, -0.15) is 19.7 Å². The van der Waals surface area contributed by atoms with Crippen LogP contribution in [0.3, 0.4) is 0 Å². The number of carbonyl (C=O) groups excluding carboxylic acids is 1. The van der Waals surface area contributed by atoms with Gasteiger partial charge >= 0.3 is 0 Å². The monoisotopic (exact) mass is 415 g/mol. The predicted molar refractivity (Wildman–Crippen MR) is 102 cm³/mol. The number of H-pyrrole nitrogens is 1. The van der Waals surface area contributed by atoms with Crippen LogP contribution in [0.25, 0.3) is 5.78 Å². The Balaban J connectivity index is 1.51. The van der Waals surface area contributed by atoms with E-state index < -0.39 is 9.84 Å². The summed E-state index contributed by atoms with van der Waals surface area (Å²) in [6.07, 6.45) is 8.21. The fourth-order valence-electron chi connectivity index (χ4n) is 4.47. The zero-order valence-electron chi connectivity index (χ0n) is 16.0. The van der Waals surface area contributed by atoms with Gasteiger partial charge in [-0.05, 0) is 32.1 Å². The van der Waals surface area contributed by atoms with Crippen molar-refractivity contribution in [3.8, 4) is 0 Å². The van der Waals surface area contributed by atoms with Crippen LogP contribution in [0.15, 0.2) is 17.4 Å². The molecule has 1 N–H and O–H groups in total. The van der Waals surface area contributed by atoms with Crippen LogP contribution in [0.1, 0.15) is 52.6 Å². The molecule has 10 nitrogen and oxygen atoms in total. The van der Waals surface area contributed by atoms with Crippen LogP contribution in [-0.4, -0.2) is 68.3 Å². The molecular formula is C18H21N7O3S. The quantitative estimate of drug-likeness (QED) is 0.669. The minimum absolute atomic E-state index is 0.0982.